The highest BCUT2D eigenvalue weighted by molar-refractivity contribution is 6.42. The van der Waals surface area contributed by atoms with Crippen molar-refractivity contribution in [3.63, 3.8) is 0 Å². The maximum Gasteiger partial charge on any atom is 0.141 e. The van der Waals surface area contributed by atoms with E-state index < -0.39 is 0 Å². The molecule has 0 unspecified atom stereocenters. The standard InChI is InChI=1S/C16H14Cl2O2/c1-10-2-3-12(9-16(10)20)7-13(19)6-11-4-5-14(17)15(18)8-11/h2-5,8-9,20H,6-7H2,1H3. The molecular weight excluding hydrogens is 295 g/mol. The summed E-state index contributed by atoms with van der Waals surface area (Å²) >= 11 is 11.8. The summed E-state index contributed by atoms with van der Waals surface area (Å²) in [4.78, 5) is 12.0. The highest BCUT2D eigenvalue weighted by Gasteiger charge is 2.08. The Bertz CT molecular complexity index is 595. The lowest BCUT2D eigenvalue weighted by atomic mass is 10.0. The molecule has 0 saturated heterocycles. The number of hydrogen-bond donors (Lipinski definition) is 1. The molecule has 2 rings (SSSR count). The fraction of sp³-hybridized carbons (Fsp3) is 0.188. The third-order valence-electron chi connectivity index (χ3n) is 3.06. The van der Waals surface area contributed by atoms with Gasteiger partial charge in [0, 0.05) is 12.8 Å². The van der Waals surface area contributed by atoms with Crippen molar-refractivity contribution in [2.75, 3.05) is 0 Å². The second-order valence-corrected chi connectivity index (χ2v) is 5.58. The van der Waals surface area contributed by atoms with Crippen LogP contribution in [0.15, 0.2) is 36.4 Å². The van der Waals surface area contributed by atoms with Crippen LogP contribution in [-0.4, -0.2) is 10.9 Å². The van der Waals surface area contributed by atoms with E-state index in [1.54, 1.807) is 30.3 Å². The van der Waals surface area contributed by atoms with Gasteiger partial charge in [-0.25, -0.2) is 0 Å². The van der Waals surface area contributed by atoms with Gasteiger partial charge in [0.25, 0.3) is 0 Å². The largest absolute Gasteiger partial charge is 0.508 e. The Balaban J connectivity index is 2.04. The molecule has 0 fully saturated rings. The summed E-state index contributed by atoms with van der Waals surface area (Å²) in [6, 6.07) is 10.5. The number of hydrogen-bond acceptors (Lipinski definition) is 2. The first-order chi connectivity index (χ1) is 9.45. The smallest absolute Gasteiger partial charge is 0.141 e. The van der Waals surface area contributed by atoms with Gasteiger partial charge in [0.1, 0.15) is 11.5 Å². The van der Waals surface area contributed by atoms with Crippen LogP contribution in [0.4, 0.5) is 0 Å². The van der Waals surface area contributed by atoms with Crippen molar-refractivity contribution in [3.8, 4) is 5.75 Å². The number of carbonyl (C=O) groups excluding carboxylic acids is 1. The third kappa shape index (κ3) is 3.75. The zero-order chi connectivity index (χ0) is 14.7. The molecule has 4 heteroatoms. The molecule has 0 amide bonds. The Labute approximate surface area is 128 Å². The molecule has 0 radical (unpaired) electrons. The van der Waals surface area contributed by atoms with Gasteiger partial charge in [0.05, 0.1) is 10.0 Å². The fourth-order valence-electron chi connectivity index (χ4n) is 1.93. The lowest BCUT2D eigenvalue weighted by Crippen LogP contribution is -2.06. The minimum absolute atomic E-state index is 0.0617. The predicted octanol–water partition coefficient (Wildman–Crippen LogP) is 4.36. The zero-order valence-electron chi connectivity index (χ0n) is 11.0. The van der Waals surface area contributed by atoms with Crippen LogP contribution in [0.1, 0.15) is 16.7 Å². The van der Waals surface area contributed by atoms with Crippen molar-refractivity contribution in [2.24, 2.45) is 0 Å². The Morgan fingerprint density at radius 2 is 1.60 bits per heavy atom. The molecule has 0 bridgehead atoms. The molecule has 20 heavy (non-hydrogen) atoms. The van der Waals surface area contributed by atoms with Crippen molar-refractivity contribution < 1.29 is 9.90 Å². The van der Waals surface area contributed by atoms with Gasteiger partial charge in [-0.05, 0) is 41.8 Å². The van der Waals surface area contributed by atoms with E-state index in [9.17, 15) is 9.90 Å². The molecule has 0 heterocycles. The Hall–Kier alpha value is -1.51. The summed E-state index contributed by atoms with van der Waals surface area (Å²) < 4.78 is 0. The van der Waals surface area contributed by atoms with E-state index in [1.807, 2.05) is 13.0 Å². The van der Waals surface area contributed by atoms with E-state index in [0.29, 0.717) is 16.5 Å². The van der Waals surface area contributed by atoms with Gasteiger partial charge in [-0.2, -0.15) is 0 Å². The molecule has 0 atom stereocenters. The highest BCUT2D eigenvalue weighted by Crippen LogP contribution is 2.23. The molecule has 1 N–H and O–H groups in total. The highest BCUT2D eigenvalue weighted by atomic mass is 35.5. The summed E-state index contributed by atoms with van der Waals surface area (Å²) in [5, 5.41) is 10.6. The molecule has 2 aromatic carbocycles. The summed E-state index contributed by atoms with van der Waals surface area (Å²) in [5.41, 5.74) is 2.43. The van der Waals surface area contributed by atoms with E-state index in [2.05, 4.69) is 0 Å². The molecule has 0 saturated carbocycles. The number of phenolic OH excluding ortho intramolecular Hbond substituents is 1. The molecule has 0 aliphatic heterocycles. The maximum absolute atomic E-state index is 12.0. The van der Waals surface area contributed by atoms with Crippen LogP contribution in [0.5, 0.6) is 5.75 Å². The van der Waals surface area contributed by atoms with E-state index in [-0.39, 0.29) is 18.0 Å². The topological polar surface area (TPSA) is 37.3 Å². The number of rotatable bonds is 4. The number of halogens is 2. The number of aromatic hydroxyl groups is 1. The number of Topliss-reactive ketones (excluding diaryl/α,β-unsaturated/α-hetero) is 1. The van der Waals surface area contributed by atoms with Crippen molar-refractivity contribution in [1.29, 1.82) is 0 Å². The molecule has 2 aromatic rings. The summed E-state index contributed by atoms with van der Waals surface area (Å²) in [6.45, 7) is 1.82. The van der Waals surface area contributed by atoms with Gasteiger partial charge in [-0.15, -0.1) is 0 Å². The molecule has 104 valence electrons. The Kier molecular flexibility index (Phi) is 4.69. The molecule has 0 spiro atoms. The first-order valence-corrected chi connectivity index (χ1v) is 6.95. The van der Waals surface area contributed by atoms with E-state index >= 15 is 0 Å². The lowest BCUT2D eigenvalue weighted by molar-refractivity contribution is -0.117. The second kappa shape index (κ2) is 6.29. The summed E-state index contributed by atoms with van der Waals surface area (Å²) in [6.07, 6.45) is 0.583. The van der Waals surface area contributed by atoms with Crippen molar-refractivity contribution >= 4 is 29.0 Å². The SMILES string of the molecule is Cc1ccc(CC(=O)Cc2ccc(Cl)c(Cl)c2)cc1O. The minimum atomic E-state index is 0.0617. The quantitative estimate of drug-likeness (QED) is 0.911. The number of aryl methyl sites for hydroxylation is 1. The Morgan fingerprint density at radius 3 is 2.20 bits per heavy atom. The van der Waals surface area contributed by atoms with Crippen LogP contribution in [0.2, 0.25) is 10.0 Å². The van der Waals surface area contributed by atoms with Crippen LogP contribution >= 0.6 is 23.2 Å². The lowest BCUT2D eigenvalue weighted by Gasteiger charge is -2.05. The fourth-order valence-corrected chi connectivity index (χ4v) is 2.25. The second-order valence-electron chi connectivity index (χ2n) is 4.76. The normalized spacial score (nSPS) is 10.6. The van der Waals surface area contributed by atoms with Crippen molar-refractivity contribution in [3.05, 3.63) is 63.1 Å². The number of benzene rings is 2. The maximum atomic E-state index is 12.0. The van der Waals surface area contributed by atoms with Gasteiger partial charge in [-0.1, -0.05) is 41.4 Å². The van der Waals surface area contributed by atoms with E-state index in [1.165, 1.54) is 0 Å². The number of carbonyl (C=O) groups is 1. The van der Waals surface area contributed by atoms with Crippen molar-refractivity contribution in [1.82, 2.24) is 0 Å². The monoisotopic (exact) mass is 308 g/mol. The van der Waals surface area contributed by atoms with Gasteiger partial charge >= 0.3 is 0 Å². The minimum Gasteiger partial charge on any atom is -0.508 e. The summed E-state index contributed by atoms with van der Waals surface area (Å²) in [5.74, 6) is 0.275. The average molecular weight is 309 g/mol. The molecule has 0 aliphatic carbocycles. The predicted molar refractivity (Wildman–Crippen MR) is 81.7 cm³/mol. The first-order valence-electron chi connectivity index (χ1n) is 6.20. The third-order valence-corrected chi connectivity index (χ3v) is 3.80. The van der Waals surface area contributed by atoms with Gasteiger partial charge in [0.2, 0.25) is 0 Å². The van der Waals surface area contributed by atoms with Crippen LogP contribution in [0, 0.1) is 6.92 Å². The van der Waals surface area contributed by atoms with Crippen LogP contribution in [0.25, 0.3) is 0 Å². The molecular formula is C16H14Cl2O2. The first kappa shape index (κ1) is 14.9. The van der Waals surface area contributed by atoms with E-state index in [0.717, 1.165) is 16.7 Å². The van der Waals surface area contributed by atoms with Gasteiger partial charge in [-0.3, -0.25) is 4.79 Å². The zero-order valence-corrected chi connectivity index (χ0v) is 12.5. The average Bonchev–Trinajstić information content (AvgIpc) is 2.38. The Morgan fingerprint density at radius 1 is 1.00 bits per heavy atom. The number of ketones is 1. The van der Waals surface area contributed by atoms with Gasteiger partial charge < -0.3 is 5.11 Å². The van der Waals surface area contributed by atoms with Crippen LogP contribution in [0.3, 0.4) is 0 Å². The molecule has 0 aromatic heterocycles. The molecule has 2 nitrogen and oxygen atoms in total. The van der Waals surface area contributed by atoms with Crippen molar-refractivity contribution in [2.45, 2.75) is 19.8 Å². The van der Waals surface area contributed by atoms with Gasteiger partial charge in [0.15, 0.2) is 0 Å². The van der Waals surface area contributed by atoms with Crippen LogP contribution < -0.4 is 0 Å². The van der Waals surface area contributed by atoms with Crippen LogP contribution in [-0.2, 0) is 17.6 Å². The number of phenols is 1. The summed E-state index contributed by atoms with van der Waals surface area (Å²) in [7, 11) is 0. The van der Waals surface area contributed by atoms with E-state index in [4.69, 9.17) is 23.2 Å². The molecule has 0 aliphatic rings.